The van der Waals surface area contributed by atoms with E-state index in [1.807, 2.05) is 0 Å². The monoisotopic (exact) mass is 505 g/mol. The summed E-state index contributed by atoms with van der Waals surface area (Å²) in [6.07, 6.45) is 3.07. The molecule has 0 heterocycles. The van der Waals surface area contributed by atoms with Crippen molar-refractivity contribution >= 4 is 34.0 Å². The summed E-state index contributed by atoms with van der Waals surface area (Å²) >= 11 is 3.43. The van der Waals surface area contributed by atoms with Crippen molar-refractivity contribution in [1.29, 1.82) is 0 Å². The Morgan fingerprint density at radius 3 is 2.53 bits per heavy atom. The number of benzene rings is 2. The Bertz CT molecular complexity index is 993. The first-order valence-electron chi connectivity index (χ1n) is 9.77. The zero-order valence-corrected chi connectivity index (χ0v) is 19.6. The minimum absolute atomic E-state index is 0.204. The van der Waals surface area contributed by atoms with E-state index in [2.05, 4.69) is 38.4 Å². The smallest absolute Gasteiger partial charge is 0.262 e. The Labute approximate surface area is 194 Å². The van der Waals surface area contributed by atoms with Gasteiger partial charge >= 0.3 is 0 Å². The Morgan fingerprint density at radius 2 is 1.94 bits per heavy atom. The predicted octanol–water partition coefficient (Wildman–Crippen LogP) is 4.07. The molecule has 9 heteroatoms. The van der Waals surface area contributed by atoms with Crippen molar-refractivity contribution in [2.24, 2.45) is 11.0 Å². The summed E-state index contributed by atoms with van der Waals surface area (Å²) in [6.45, 7) is 7.52. The van der Waals surface area contributed by atoms with E-state index in [9.17, 15) is 14.0 Å². The highest BCUT2D eigenvalue weighted by molar-refractivity contribution is 9.10. The molecule has 0 saturated carbocycles. The molecule has 0 fully saturated rings. The van der Waals surface area contributed by atoms with Crippen molar-refractivity contribution in [3.05, 3.63) is 70.5 Å². The largest absolute Gasteiger partial charge is 0.493 e. The number of nitrogens with zero attached hydrogens (tertiary/aromatic N) is 1. The van der Waals surface area contributed by atoms with E-state index in [-0.39, 0.29) is 11.5 Å². The van der Waals surface area contributed by atoms with Gasteiger partial charge in [-0.2, -0.15) is 5.10 Å². The molecule has 0 aliphatic carbocycles. The van der Waals surface area contributed by atoms with Gasteiger partial charge in [0.1, 0.15) is 18.5 Å². The van der Waals surface area contributed by atoms with Gasteiger partial charge in [-0.25, -0.2) is 9.82 Å². The van der Waals surface area contributed by atoms with Crippen LogP contribution in [0.1, 0.15) is 29.8 Å². The summed E-state index contributed by atoms with van der Waals surface area (Å²) in [6, 6.07) is 7.70. The fourth-order valence-electron chi connectivity index (χ4n) is 2.70. The lowest BCUT2D eigenvalue weighted by Crippen LogP contribution is -2.48. The van der Waals surface area contributed by atoms with Crippen molar-refractivity contribution in [3.63, 3.8) is 0 Å². The minimum Gasteiger partial charge on any atom is -0.493 e. The van der Waals surface area contributed by atoms with Gasteiger partial charge < -0.3 is 14.8 Å². The van der Waals surface area contributed by atoms with Crippen LogP contribution in [0.3, 0.4) is 0 Å². The summed E-state index contributed by atoms with van der Waals surface area (Å²) in [4.78, 5) is 25.0. The molecule has 0 aliphatic rings. The summed E-state index contributed by atoms with van der Waals surface area (Å²) in [5.74, 6) is -0.601. The van der Waals surface area contributed by atoms with Gasteiger partial charge in [-0.05, 0) is 63.8 Å². The number of hydrogen-bond donors (Lipinski definition) is 2. The van der Waals surface area contributed by atoms with Crippen LogP contribution in [0.2, 0.25) is 0 Å². The Morgan fingerprint density at radius 1 is 1.25 bits per heavy atom. The molecule has 0 aliphatic heterocycles. The van der Waals surface area contributed by atoms with Crippen molar-refractivity contribution < 1.29 is 23.5 Å². The molecule has 0 bridgehead atoms. The van der Waals surface area contributed by atoms with Gasteiger partial charge in [0.25, 0.3) is 11.8 Å². The molecular weight excluding hydrogens is 481 g/mol. The molecule has 32 heavy (non-hydrogen) atoms. The van der Waals surface area contributed by atoms with Crippen molar-refractivity contribution in [1.82, 2.24) is 10.7 Å². The highest BCUT2D eigenvalue weighted by Crippen LogP contribution is 2.36. The Balaban J connectivity index is 2.07. The lowest BCUT2D eigenvalue weighted by Gasteiger charge is -2.20. The third-order valence-corrected chi connectivity index (χ3v) is 4.92. The molecule has 7 nitrogen and oxygen atoms in total. The van der Waals surface area contributed by atoms with Crippen LogP contribution >= 0.6 is 15.9 Å². The van der Waals surface area contributed by atoms with Crippen LogP contribution in [0.15, 0.2) is 58.6 Å². The average Bonchev–Trinajstić information content (AvgIpc) is 2.76. The third kappa shape index (κ3) is 6.91. The maximum Gasteiger partial charge on any atom is 0.262 e. The number of carbonyl (C=O) groups excluding carboxylic acids is 2. The molecule has 0 radical (unpaired) electrons. The molecule has 2 aromatic rings. The van der Waals surface area contributed by atoms with Crippen LogP contribution in [0.5, 0.6) is 11.5 Å². The van der Waals surface area contributed by atoms with Crippen molar-refractivity contribution in [2.45, 2.75) is 19.9 Å². The van der Waals surface area contributed by atoms with Crippen LogP contribution in [0.4, 0.5) is 4.39 Å². The first-order valence-corrected chi connectivity index (χ1v) is 10.6. The van der Waals surface area contributed by atoms with E-state index >= 15 is 0 Å². The maximum atomic E-state index is 13.1. The minimum atomic E-state index is -0.833. The fraction of sp³-hybridized carbons (Fsp3) is 0.261. The fourth-order valence-corrected chi connectivity index (χ4v) is 3.27. The normalized spacial score (nSPS) is 11.8. The average molecular weight is 506 g/mol. The first kappa shape index (κ1) is 25.1. The number of carbonyl (C=O) groups is 2. The number of amides is 2. The lowest BCUT2D eigenvalue weighted by atomic mass is 10.0. The van der Waals surface area contributed by atoms with E-state index in [0.717, 1.165) is 0 Å². The van der Waals surface area contributed by atoms with Crippen LogP contribution in [0, 0.1) is 11.7 Å². The Kier molecular flexibility index (Phi) is 9.39. The molecule has 1 atom stereocenters. The molecular formula is C23H25BrFN3O4. The molecule has 1 unspecified atom stereocenters. The van der Waals surface area contributed by atoms with Crippen molar-refractivity contribution in [2.75, 3.05) is 13.7 Å². The van der Waals surface area contributed by atoms with Crippen LogP contribution in [0.25, 0.3) is 0 Å². The molecule has 2 rings (SSSR count). The third-order valence-electron chi connectivity index (χ3n) is 4.33. The standard InChI is InChI=1S/C23H25BrFN3O4/c1-5-10-32-21-18(24)11-15(12-19(21)31-4)13-26-28-23(30)20(14(2)3)27-22(29)16-6-8-17(25)9-7-16/h5-9,11-14,20H,1,10H2,2-4H3,(H,27,29)(H,28,30). The Hall–Kier alpha value is -3.20. The van der Waals surface area contributed by atoms with E-state index in [0.29, 0.717) is 28.1 Å². The zero-order valence-electron chi connectivity index (χ0n) is 18.0. The van der Waals surface area contributed by atoms with E-state index in [4.69, 9.17) is 9.47 Å². The number of hydrazone groups is 1. The quantitative estimate of drug-likeness (QED) is 0.289. The number of hydrogen-bond acceptors (Lipinski definition) is 5. The molecule has 2 amide bonds. The molecule has 0 aromatic heterocycles. The second-order valence-electron chi connectivity index (χ2n) is 7.07. The second kappa shape index (κ2) is 12.0. The van der Waals surface area contributed by atoms with Crippen LogP contribution < -0.4 is 20.2 Å². The van der Waals surface area contributed by atoms with Gasteiger partial charge in [-0.15, -0.1) is 0 Å². The topological polar surface area (TPSA) is 89.0 Å². The summed E-state index contributed by atoms with van der Waals surface area (Å²) in [5, 5.41) is 6.64. The maximum absolute atomic E-state index is 13.1. The van der Waals surface area contributed by atoms with Crippen LogP contribution in [-0.4, -0.2) is 37.8 Å². The van der Waals surface area contributed by atoms with Gasteiger partial charge in [0.2, 0.25) is 0 Å². The molecule has 0 saturated heterocycles. The number of rotatable bonds is 10. The number of halogens is 2. The molecule has 170 valence electrons. The summed E-state index contributed by atoms with van der Waals surface area (Å²) < 4.78 is 24.6. The van der Waals surface area contributed by atoms with Gasteiger partial charge in [-0.3, -0.25) is 9.59 Å². The summed E-state index contributed by atoms with van der Waals surface area (Å²) in [5.41, 5.74) is 3.34. The van der Waals surface area contributed by atoms with Gasteiger partial charge in [0.05, 0.1) is 17.8 Å². The molecule has 0 spiro atoms. The first-order chi connectivity index (χ1) is 15.3. The SMILES string of the molecule is C=CCOc1c(Br)cc(C=NNC(=O)C(NC(=O)c2ccc(F)cc2)C(C)C)cc1OC. The van der Waals surface area contributed by atoms with E-state index in [1.54, 1.807) is 32.1 Å². The number of methoxy groups -OCH3 is 1. The highest BCUT2D eigenvalue weighted by atomic mass is 79.9. The zero-order chi connectivity index (χ0) is 23.7. The van der Waals surface area contributed by atoms with E-state index < -0.39 is 23.7 Å². The molecule has 2 N–H and O–H groups in total. The number of ether oxygens (including phenoxy) is 2. The predicted molar refractivity (Wildman–Crippen MR) is 125 cm³/mol. The molecule has 2 aromatic carbocycles. The van der Waals surface area contributed by atoms with Gasteiger partial charge in [0, 0.05) is 5.56 Å². The summed E-state index contributed by atoms with van der Waals surface area (Å²) in [7, 11) is 1.52. The van der Waals surface area contributed by atoms with Gasteiger partial charge in [-0.1, -0.05) is 26.5 Å². The van der Waals surface area contributed by atoms with Gasteiger partial charge in [0.15, 0.2) is 11.5 Å². The lowest BCUT2D eigenvalue weighted by molar-refractivity contribution is -0.123. The van der Waals surface area contributed by atoms with E-state index in [1.165, 1.54) is 37.6 Å². The van der Waals surface area contributed by atoms with Crippen molar-refractivity contribution in [3.8, 4) is 11.5 Å². The number of nitrogens with one attached hydrogen (secondary N) is 2. The van der Waals surface area contributed by atoms with Crippen LogP contribution in [-0.2, 0) is 4.79 Å². The second-order valence-corrected chi connectivity index (χ2v) is 7.92. The highest BCUT2D eigenvalue weighted by Gasteiger charge is 2.24.